The SMILES string of the molecule is COC1C=C(CCC(=O)NCc2ccccc2)C=CC1=O. The molecule has 0 fully saturated rings. The van der Waals surface area contributed by atoms with Crippen molar-refractivity contribution in [2.75, 3.05) is 7.11 Å². The topological polar surface area (TPSA) is 55.4 Å². The summed E-state index contributed by atoms with van der Waals surface area (Å²) in [7, 11) is 1.50. The van der Waals surface area contributed by atoms with Crippen molar-refractivity contribution in [1.29, 1.82) is 0 Å². The number of hydrogen-bond donors (Lipinski definition) is 1. The van der Waals surface area contributed by atoms with Crippen LogP contribution in [-0.2, 0) is 20.9 Å². The number of methoxy groups -OCH3 is 1. The summed E-state index contributed by atoms with van der Waals surface area (Å²) in [5.74, 6) is -0.0613. The molecule has 1 unspecified atom stereocenters. The number of ether oxygens (including phenoxy) is 1. The lowest BCUT2D eigenvalue weighted by Crippen LogP contribution is -2.23. The molecular weight excluding hydrogens is 266 g/mol. The van der Waals surface area contributed by atoms with Gasteiger partial charge < -0.3 is 10.1 Å². The van der Waals surface area contributed by atoms with Crippen molar-refractivity contribution in [3.8, 4) is 0 Å². The lowest BCUT2D eigenvalue weighted by atomic mass is 10.00. The fraction of sp³-hybridized carbons (Fsp3) is 0.294. The maximum absolute atomic E-state index is 11.8. The molecule has 1 aliphatic carbocycles. The first-order valence-electron chi connectivity index (χ1n) is 6.95. The van der Waals surface area contributed by atoms with Gasteiger partial charge in [-0.15, -0.1) is 0 Å². The highest BCUT2D eigenvalue weighted by atomic mass is 16.5. The second kappa shape index (κ2) is 7.55. The van der Waals surface area contributed by atoms with Gasteiger partial charge in [-0.1, -0.05) is 36.4 Å². The number of nitrogens with one attached hydrogen (secondary N) is 1. The number of carbonyl (C=O) groups is 2. The van der Waals surface area contributed by atoms with Gasteiger partial charge in [-0.25, -0.2) is 0 Å². The molecule has 0 aromatic heterocycles. The Hall–Kier alpha value is -2.20. The summed E-state index contributed by atoms with van der Waals surface area (Å²) in [6, 6.07) is 9.78. The van der Waals surface area contributed by atoms with Crippen LogP contribution in [0.4, 0.5) is 0 Å². The van der Waals surface area contributed by atoms with Crippen molar-refractivity contribution in [3.63, 3.8) is 0 Å². The lowest BCUT2D eigenvalue weighted by Gasteiger charge is -2.14. The maximum Gasteiger partial charge on any atom is 0.220 e. The molecule has 0 spiro atoms. The predicted octanol–water partition coefficient (Wildman–Crippen LogP) is 2.16. The Bertz CT molecular complexity index is 561. The van der Waals surface area contributed by atoms with Gasteiger partial charge in [0.25, 0.3) is 0 Å². The molecule has 4 nitrogen and oxygen atoms in total. The van der Waals surface area contributed by atoms with E-state index in [-0.39, 0.29) is 11.7 Å². The molecule has 0 saturated carbocycles. The molecule has 0 saturated heterocycles. The second-order valence-electron chi connectivity index (χ2n) is 4.90. The third-order valence-electron chi connectivity index (χ3n) is 3.33. The average Bonchev–Trinajstić information content (AvgIpc) is 2.53. The van der Waals surface area contributed by atoms with Crippen molar-refractivity contribution in [2.24, 2.45) is 0 Å². The standard InChI is InChI=1S/C17H19NO3/c1-21-16-11-13(7-9-15(16)19)8-10-17(20)18-12-14-5-3-2-4-6-14/h2-7,9,11,16H,8,10,12H2,1H3,(H,18,20). The Morgan fingerprint density at radius 3 is 2.71 bits per heavy atom. The first-order valence-corrected chi connectivity index (χ1v) is 6.95. The highest BCUT2D eigenvalue weighted by molar-refractivity contribution is 5.96. The van der Waals surface area contributed by atoms with Crippen LogP contribution in [0.3, 0.4) is 0 Å². The first kappa shape index (κ1) is 15.2. The molecule has 1 atom stereocenters. The Morgan fingerprint density at radius 2 is 2.00 bits per heavy atom. The molecule has 4 heteroatoms. The van der Waals surface area contributed by atoms with E-state index in [4.69, 9.17) is 4.74 Å². The summed E-state index contributed by atoms with van der Waals surface area (Å²) in [4.78, 5) is 23.2. The molecule has 1 aliphatic rings. The summed E-state index contributed by atoms with van der Waals surface area (Å²) < 4.78 is 5.07. The molecular formula is C17H19NO3. The molecule has 0 bridgehead atoms. The smallest absolute Gasteiger partial charge is 0.220 e. The highest BCUT2D eigenvalue weighted by Gasteiger charge is 2.17. The van der Waals surface area contributed by atoms with E-state index in [1.54, 1.807) is 12.2 Å². The van der Waals surface area contributed by atoms with E-state index in [1.165, 1.54) is 13.2 Å². The third kappa shape index (κ3) is 4.68. The van der Waals surface area contributed by atoms with Crippen molar-refractivity contribution < 1.29 is 14.3 Å². The van der Waals surface area contributed by atoms with Crippen LogP contribution < -0.4 is 5.32 Å². The van der Waals surface area contributed by atoms with Gasteiger partial charge >= 0.3 is 0 Å². The van der Waals surface area contributed by atoms with Gasteiger partial charge in [0, 0.05) is 20.1 Å². The largest absolute Gasteiger partial charge is 0.369 e. The second-order valence-corrected chi connectivity index (χ2v) is 4.90. The Kier molecular flexibility index (Phi) is 5.46. The predicted molar refractivity (Wildman–Crippen MR) is 80.5 cm³/mol. The fourth-order valence-corrected chi connectivity index (χ4v) is 2.11. The van der Waals surface area contributed by atoms with E-state index in [2.05, 4.69) is 5.32 Å². The van der Waals surface area contributed by atoms with Gasteiger partial charge in [0.1, 0.15) is 6.10 Å². The zero-order valence-electron chi connectivity index (χ0n) is 12.0. The molecule has 0 heterocycles. The maximum atomic E-state index is 11.8. The number of ketones is 1. The Morgan fingerprint density at radius 1 is 1.24 bits per heavy atom. The van der Waals surface area contributed by atoms with E-state index in [0.29, 0.717) is 19.4 Å². The van der Waals surface area contributed by atoms with Gasteiger partial charge in [-0.05, 0) is 29.7 Å². The van der Waals surface area contributed by atoms with Gasteiger partial charge in [0.15, 0.2) is 5.78 Å². The van der Waals surface area contributed by atoms with E-state index < -0.39 is 6.10 Å². The lowest BCUT2D eigenvalue weighted by molar-refractivity contribution is -0.121. The Labute approximate surface area is 124 Å². The van der Waals surface area contributed by atoms with Gasteiger partial charge in [-0.3, -0.25) is 9.59 Å². The van der Waals surface area contributed by atoms with Gasteiger partial charge in [-0.2, -0.15) is 0 Å². The summed E-state index contributed by atoms with van der Waals surface area (Å²) in [5.41, 5.74) is 2.03. The van der Waals surface area contributed by atoms with Crippen molar-refractivity contribution in [3.05, 3.63) is 59.7 Å². The zero-order valence-corrected chi connectivity index (χ0v) is 12.0. The first-order chi connectivity index (χ1) is 10.2. The van der Waals surface area contributed by atoms with E-state index in [1.807, 2.05) is 30.3 Å². The quantitative estimate of drug-likeness (QED) is 0.871. The fourth-order valence-electron chi connectivity index (χ4n) is 2.11. The number of hydrogen-bond acceptors (Lipinski definition) is 3. The van der Waals surface area contributed by atoms with Crippen LogP contribution >= 0.6 is 0 Å². The van der Waals surface area contributed by atoms with E-state index >= 15 is 0 Å². The molecule has 21 heavy (non-hydrogen) atoms. The van der Waals surface area contributed by atoms with Crippen LogP contribution in [0.2, 0.25) is 0 Å². The summed E-state index contributed by atoms with van der Waals surface area (Å²) in [5, 5.41) is 2.88. The van der Waals surface area contributed by atoms with Gasteiger partial charge in [0.2, 0.25) is 5.91 Å². The van der Waals surface area contributed by atoms with E-state index in [0.717, 1.165) is 11.1 Å². The van der Waals surface area contributed by atoms with Crippen LogP contribution in [-0.4, -0.2) is 24.9 Å². The summed E-state index contributed by atoms with van der Waals surface area (Å²) in [6.45, 7) is 0.535. The van der Waals surface area contributed by atoms with Crippen LogP contribution in [0.25, 0.3) is 0 Å². The normalized spacial score (nSPS) is 17.5. The third-order valence-corrected chi connectivity index (χ3v) is 3.33. The minimum absolute atomic E-state index is 0.000908. The minimum Gasteiger partial charge on any atom is -0.369 e. The highest BCUT2D eigenvalue weighted by Crippen LogP contribution is 2.15. The zero-order chi connectivity index (χ0) is 15.1. The molecule has 1 amide bonds. The molecule has 2 rings (SSSR count). The summed E-state index contributed by atoms with van der Waals surface area (Å²) in [6.07, 6.45) is 5.51. The number of carbonyl (C=O) groups excluding carboxylic acids is 2. The number of rotatable bonds is 6. The summed E-state index contributed by atoms with van der Waals surface area (Å²) >= 11 is 0. The molecule has 110 valence electrons. The number of benzene rings is 1. The molecule has 0 aliphatic heterocycles. The van der Waals surface area contributed by atoms with Crippen LogP contribution in [0, 0.1) is 0 Å². The molecule has 1 N–H and O–H groups in total. The van der Waals surface area contributed by atoms with Crippen molar-refractivity contribution in [2.45, 2.75) is 25.5 Å². The molecule has 1 aromatic carbocycles. The van der Waals surface area contributed by atoms with Gasteiger partial charge in [0.05, 0.1) is 0 Å². The average molecular weight is 285 g/mol. The van der Waals surface area contributed by atoms with Crippen LogP contribution in [0.1, 0.15) is 18.4 Å². The van der Waals surface area contributed by atoms with E-state index in [9.17, 15) is 9.59 Å². The number of allylic oxidation sites excluding steroid dienone is 2. The monoisotopic (exact) mass is 285 g/mol. The molecule has 0 radical (unpaired) electrons. The van der Waals surface area contributed by atoms with Crippen molar-refractivity contribution in [1.82, 2.24) is 5.32 Å². The van der Waals surface area contributed by atoms with Crippen LogP contribution in [0.5, 0.6) is 0 Å². The van der Waals surface area contributed by atoms with Crippen molar-refractivity contribution >= 4 is 11.7 Å². The van der Waals surface area contributed by atoms with Crippen LogP contribution in [0.15, 0.2) is 54.1 Å². The molecule has 1 aromatic rings. The number of amides is 1. The minimum atomic E-state index is -0.516. The Balaban J connectivity index is 1.77.